The highest BCUT2D eigenvalue weighted by Gasteiger charge is 2.22. The van der Waals surface area contributed by atoms with Gasteiger partial charge in [-0.25, -0.2) is 8.42 Å². The molecule has 0 saturated heterocycles. The van der Waals surface area contributed by atoms with Crippen molar-refractivity contribution >= 4 is 33.2 Å². The fourth-order valence-electron chi connectivity index (χ4n) is 2.64. The number of rotatable bonds is 6. The van der Waals surface area contributed by atoms with E-state index in [0.29, 0.717) is 16.9 Å². The Labute approximate surface area is 166 Å². The second-order valence-corrected chi connectivity index (χ2v) is 8.72. The highest BCUT2D eigenvalue weighted by atomic mass is 32.2. The van der Waals surface area contributed by atoms with Crippen molar-refractivity contribution in [1.29, 1.82) is 0 Å². The standard InChI is InChI=1S/C20H25N3O4S/c1-14-7-6-8-18(15(14)2)21-19(24)13-23(28(5,26)27)17-11-9-16(10-12-17)20(25)22(3)4/h6-12H,13H2,1-5H3,(H,21,24). The predicted molar refractivity (Wildman–Crippen MR) is 111 cm³/mol. The normalized spacial score (nSPS) is 11.0. The lowest BCUT2D eigenvalue weighted by Gasteiger charge is -2.22. The molecule has 7 nitrogen and oxygen atoms in total. The van der Waals surface area contributed by atoms with Crippen molar-refractivity contribution in [3.8, 4) is 0 Å². The highest BCUT2D eigenvalue weighted by Crippen LogP contribution is 2.21. The molecule has 150 valence electrons. The van der Waals surface area contributed by atoms with Gasteiger partial charge in [0.05, 0.1) is 11.9 Å². The number of nitrogens with zero attached hydrogens (tertiary/aromatic N) is 2. The number of aryl methyl sites for hydroxylation is 1. The molecule has 0 spiro atoms. The van der Waals surface area contributed by atoms with E-state index in [2.05, 4.69) is 5.32 Å². The van der Waals surface area contributed by atoms with Crippen molar-refractivity contribution in [2.24, 2.45) is 0 Å². The first-order chi connectivity index (χ1) is 13.0. The van der Waals surface area contributed by atoms with E-state index in [1.807, 2.05) is 26.0 Å². The van der Waals surface area contributed by atoms with E-state index >= 15 is 0 Å². The Morgan fingerprint density at radius 1 is 1.00 bits per heavy atom. The largest absolute Gasteiger partial charge is 0.345 e. The van der Waals surface area contributed by atoms with Crippen LogP contribution in [0.4, 0.5) is 11.4 Å². The van der Waals surface area contributed by atoms with Crippen LogP contribution in [0.15, 0.2) is 42.5 Å². The Hall–Kier alpha value is -2.87. The summed E-state index contributed by atoms with van der Waals surface area (Å²) in [5.74, 6) is -0.641. The number of carbonyl (C=O) groups is 2. The molecule has 0 fully saturated rings. The minimum Gasteiger partial charge on any atom is -0.345 e. The Balaban J connectivity index is 2.24. The zero-order valence-corrected chi connectivity index (χ0v) is 17.5. The van der Waals surface area contributed by atoms with Crippen molar-refractivity contribution in [2.45, 2.75) is 13.8 Å². The molecule has 8 heteroatoms. The van der Waals surface area contributed by atoms with Gasteiger partial charge in [-0.3, -0.25) is 13.9 Å². The summed E-state index contributed by atoms with van der Waals surface area (Å²) < 4.78 is 25.5. The molecule has 0 aliphatic carbocycles. The van der Waals surface area contributed by atoms with Crippen molar-refractivity contribution < 1.29 is 18.0 Å². The summed E-state index contributed by atoms with van der Waals surface area (Å²) in [5, 5.41) is 2.76. The van der Waals surface area contributed by atoms with Crippen molar-refractivity contribution in [2.75, 3.05) is 36.5 Å². The number of anilines is 2. The van der Waals surface area contributed by atoms with E-state index in [4.69, 9.17) is 0 Å². The maximum Gasteiger partial charge on any atom is 0.253 e. The molecule has 0 radical (unpaired) electrons. The Morgan fingerprint density at radius 3 is 2.14 bits per heavy atom. The van der Waals surface area contributed by atoms with E-state index in [1.165, 1.54) is 17.0 Å². The number of carbonyl (C=O) groups excluding carboxylic acids is 2. The van der Waals surface area contributed by atoms with E-state index in [1.54, 1.807) is 32.3 Å². The van der Waals surface area contributed by atoms with Crippen LogP contribution < -0.4 is 9.62 Å². The second-order valence-electron chi connectivity index (χ2n) is 6.81. The molecule has 0 saturated carbocycles. The zero-order valence-electron chi connectivity index (χ0n) is 16.7. The quantitative estimate of drug-likeness (QED) is 0.802. The predicted octanol–water partition coefficient (Wildman–Crippen LogP) is 2.41. The zero-order chi connectivity index (χ0) is 21.1. The summed E-state index contributed by atoms with van der Waals surface area (Å²) in [6.07, 6.45) is 1.04. The van der Waals surface area contributed by atoms with E-state index < -0.39 is 15.9 Å². The molecule has 2 aromatic rings. The fourth-order valence-corrected chi connectivity index (χ4v) is 3.49. The average Bonchev–Trinajstić information content (AvgIpc) is 2.62. The molecule has 28 heavy (non-hydrogen) atoms. The van der Waals surface area contributed by atoms with Crippen LogP contribution >= 0.6 is 0 Å². The first-order valence-electron chi connectivity index (χ1n) is 8.66. The molecule has 2 amide bonds. The van der Waals surface area contributed by atoms with Crippen LogP contribution in [0.25, 0.3) is 0 Å². The van der Waals surface area contributed by atoms with Crippen LogP contribution in [0.1, 0.15) is 21.5 Å². The molecule has 0 aromatic heterocycles. The molecule has 2 aromatic carbocycles. The number of hydrogen-bond donors (Lipinski definition) is 1. The average molecular weight is 404 g/mol. The SMILES string of the molecule is Cc1cccc(NC(=O)CN(c2ccc(C(=O)N(C)C)cc2)S(C)(=O)=O)c1C. The maximum atomic E-state index is 12.5. The summed E-state index contributed by atoms with van der Waals surface area (Å²) in [7, 11) is -0.425. The first-order valence-corrected chi connectivity index (χ1v) is 10.5. The van der Waals surface area contributed by atoms with Crippen molar-refractivity contribution in [3.63, 3.8) is 0 Å². The van der Waals surface area contributed by atoms with Gasteiger partial charge in [0.1, 0.15) is 6.54 Å². The smallest absolute Gasteiger partial charge is 0.253 e. The minimum absolute atomic E-state index is 0.190. The van der Waals surface area contributed by atoms with E-state index in [0.717, 1.165) is 21.7 Å². The molecule has 0 unspecified atom stereocenters. The molecule has 2 rings (SSSR count). The van der Waals surface area contributed by atoms with Gasteiger partial charge >= 0.3 is 0 Å². The highest BCUT2D eigenvalue weighted by molar-refractivity contribution is 7.92. The molecule has 0 atom stereocenters. The summed E-state index contributed by atoms with van der Waals surface area (Å²) in [6, 6.07) is 11.6. The summed E-state index contributed by atoms with van der Waals surface area (Å²) in [5.41, 5.74) is 3.34. The second kappa shape index (κ2) is 8.43. The van der Waals surface area contributed by atoms with Crippen LogP contribution in [-0.4, -0.2) is 52.0 Å². The third-order valence-corrected chi connectivity index (χ3v) is 5.52. The van der Waals surface area contributed by atoms with Crippen molar-refractivity contribution in [1.82, 2.24) is 4.90 Å². The van der Waals surface area contributed by atoms with E-state index in [-0.39, 0.29) is 12.5 Å². The molecule has 0 aliphatic rings. The topological polar surface area (TPSA) is 86.8 Å². The Kier molecular flexibility index (Phi) is 6.45. The van der Waals surface area contributed by atoms with Gasteiger partial charge in [-0.15, -0.1) is 0 Å². The summed E-state index contributed by atoms with van der Waals surface area (Å²) in [6.45, 7) is 3.46. The summed E-state index contributed by atoms with van der Waals surface area (Å²) in [4.78, 5) is 25.9. The first kappa shape index (κ1) is 21.4. The van der Waals surface area contributed by atoms with Crippen LogP contribution in [-0.2, 0) is 14.8 Å². The Bertz CT molecular complexity index is 983. The van der Waals surface area contributed by atoms with Gasteiger partial charge in [0.2, 0.25) is 15.9 Å². The number of hydrogen-bond acceptors (Lipinski definition) is 4. The van der Waals surface area contributed by atoms with Crippen LogP contribution in [0, 0.1) is 13.8 Å². The van der Waals surface area contributed by atoms with Gasteiger partial charge in [0, 0.05) is 25.3 Å². The van der Waals surface area contributed by atoms with Crippen LogP contribution in [0.3, 0.4) is 0 Å². The van der Waals surface area contributed by atoms with Crippen LogP contribution in [0.2, 0.25) is 0 Å². The molecular formula is C20H25N3O4S. The van der Waals surface area contributed by atoms with Crippen LogP contribution in [0.5, 0.6) is 0 Å². The van der Waals surface area contributed by atoms with Gasteiger partial charge in [-0.2, -0.15) is 0 Å². The number of nitrogens with one attached hydrogen (secondary N) is 1. The lowest BCUT2D eigenvalue weighted by molar-refractivity contribution is -0.114. The third-order valence-electron chi connectivity index (χ3n) is 4.37. The summed E-state index contributed by atoms with van der Waals surface area (Å²) >= 11 is 0. The lowest BCUT2D eigenvalue weighted by Crippen LogP contribution is -2.37. The Morgan fingerprint density at radius 2 is 1.61 bits per heavy atom. The van der Waals surface area contributed by atoms with Gasteiger partial charge in [0.15, 0.2) is 0 Å². The molecule has 1 N–H and O–H groups in total. The maximum absolute atomic E-state index is 12.5. The monoisotopic (exact) mass is 403 g/mol. The minimum atomic E-state index is -3.70. The third kappa shape index (κ3) is 5.10. The molecule has 0 bridgehead atoms. The lowest BCUT2D eigenvalue weighted by atomic mass is 10.1. The molecule has 0 heterocycles. The van der Waals surface area contributed by atoms with Gasteiger partial charge in [0.25, 0.3) is 5.91 Å². The number of sulfonamides is 1. The van der Waals surface area contributed by atoms with Crippen molar-refractivity contribution in [3.05, 3.63) is 59.2 Å². The van der Waals surface area contributed by atoms with Gasteiger partial charge in [-0.05, 0) is 55.3 Å². The van der Waals surface area contributed by atoms with Gasteiger partial charge < -0.3 is 10.2 Å². The fraction of sp³-hybridized carbons (Fsp3) is 0.300. The van der Waals surface area contributed by atoms with Gasteiger partial charge in [-0.1, -0.05) is 12.1 Å². The number of amides is 2. The molecular weight excluding hydrogens is 378 g/mol. The number of benzene rings is 2. The molecule has 0 aliphatic heterocycles. The van der Waals surface area contributed by atoms with E-state index in [9.17, 15) is 18.0 Å².